The van der Waals surface area contributed by atoms with E-state index in [1.54, 1.807) is 0 Å². The fourth-order valence-corrected chi connectivity index (χ4v) is 11.8. The van der Waals surface area contributed by atoms with Gasteiger partial charge in [-0.2, -0.15) is 0 Å². The Morgan fingerprint density at radius 2 is 1.63 bits per heavy atom. The molecular weight excluding hydrogens is 660 g/mol. The fraction of sp³-hybridized carbons (Fsp3) is 0.949. The highest BCUT2D eigenvalue weighted by Crippen LogP contribution is 2.67. The number of ether oxygens (including phenoxy) is 4. The maximum Gasteiger partial charge on any atom is 0.224 e. The van der Waals surface area contributed by atoms with E-state index in [4.69, 9.17) is 18.9 Å². The lowest BCUT2D eigenvalue weighted by molar-refractivity contribution is -0.385. The molecule has 0 amide bonds. The lowest BCUT2D eigenvalue weighted by Crippen LogP contribution is -2.63. The zero-order valence-corrected chi connectivity index (χ0v) is 31.2. The first-order valence-corrected chi connectivity index (χ1v) is 19.7. The van der Waals surface area contributed by atoms with Crippen molar-refractivity contribution in [2.75, 3.05) is 19.8 Å². The summed E-state index contributed by atoms with van der Waals surface area (Å²) in [6.45, 7) is 10.1. The van der Waals surface area contributed by atoms with Crippen LogP contribution in [0.15, 0.2) is 11.6 Å². The van der Waals surface area contributed by atoms with Crippen LogP contribution in [0.5, 0.6) is 0 Å². The number of hydrogen-bond acceptors (Lipinski definition) is 12. The van der Waals surface area contributed by atoms with E-state index in [-0.39, 0.29) is 18.1 Å². The SMILES string of the molecule is CC(C)CCC[C@@H](C)[C@H]1CC[C@H]2[C@@H]3CC=C4C[C@@H](O)CC(OC[C@H]5O[C@H](O[C@]6(CO)O[C@H](CO)[C@@H](O)[C@@H]6O)[C@H](O)[C@@H](O)[C@@H]5O)[C@]4(C)[C@H]3CC[C@]12C. The summed E-state index contributed by atoms with van der Waals surface area (Å²) in [5, 5.41) is 84.3. The third-order valence-corrected chi connectivity index (χ3v) is 14.7. The molecule has 2 saturated heterocycles. The van der Waals surface area contributed by atoms with Crippen LogP contribution in [0.4, 0.5) is 0 Å². The Morgan fingerprint density at radius 3 is 2.29 bits per heavy atom. The lowest BCUT2D eigenvalue weighted by Gasteiger charge is -2.60. The van der Waals surface area contributed by atoms with Gasteiger partial charge in [0.25, 0.3) is 0 Å². The Morgan fingerprint density at radius 1 is 0.882 bits per heavy atom. The standard InChI is InChI=1S/C39H66O12/c1-20(2)7-6-8-21(3)25-11-12-26-24-10-9-22-15-23(42)16-30(38(22,5)27(24)13-14-37(25,26)4)48-18-29-31(43)33(45)34(46)36(49-29)51-39(19-41)35(47)32(44)28(17-40)50-39/h9,20-21,23-36,40-47H,6-8,10-19H2,1-5H3/t21-,23-,24+,25-,26+,27+,28-,29-,30?,31-,32-,33+,34-,35+,36-,37-,38+,39+/m1/s1. The minimum absolute atomic E-state index is 0.184. The average Bonchev–Trinajstić information content (AvgIpc) is 3.57. The van der Waals surface area contributed by atoms with Crippen molar-refractivity contribution in [2.45, 2.75) is 166 Å². The monoisotopic (exact) mass is 726 g/mol. The highest BCUT2D eigenvalue weighted by Gasteiger charge is 2.62. The average molecular weight is 727 g/mol. The van der Waals surface area contributed by atoms with E-state index in [1.807, 2.05) is 0 Å². The topological polar surface area (TPSA) is 199 Å². The van der Waals surface area contributed by atoms with Crippen molar-refractivity contribution in [3.8, 4) is 0 Å². The molecule has 12 nitrogen and oxygen atoms in total. The van der Waals surface area contributed by atoms with Crippen molar-refractivity contribution in [3.05, 3.63) is 11.6 Å². The number of allylic oxidation sites excluding steroid dienone is 1. The van der Waals surface area contributed by atoms with Gasteiger partial charge in [0.15, 0.2) is 6.29 Å². The van der Waals surface area contributed by atoms with E-state index >= 15 is 0 Å². The summed E-state index contributed by atoms with van der Waals surface area (Å²) in [6, 6.07) is 0. The second kappa shape index (κ2) is 15.4. The van der Waals surface area contributed by atoms with Crippen LogP contribution < -0.4 is 0 Å². The van der Waals surface area contributed by atoms with Gasteiger partial charge in [0, 0.05) is 11.8 Å². The summed E-state index contributed by atoms with van der Waals surface area (Å²) in [6.07, 6.45) is -0.522. The Bertz CT molecular complexity index is 1220. The molecule has 0 aromatic rings. The first kappa shape index (κ1) is 39.9. The van der Waals surface area contributed by atoms with Gasteiger partial charge in [-0.15, -0.1) is 0 Å². The molecular formula is C39H66O12. The van der Waals surface area contributed by atoms with E-state index in [2.05, 4.69) is 40.7 Å². The minimum Gasteiger partial charge on any atom is -0.394 e. The molecule has 0 spiro atoms. The molecule has 294 valence electrons. The van der Waals surface area contributed by atoms with Crippen LogP contribution >= 0.6 is 0 Å². The van der Waals surface area contributed by atoms with Gasteiger partial charge in [-0.05, 0) is 79.4 Å². The normalized spacial score (nSPS) is 50.4. The Kier molecular flexibility index (Phi) is 12.1. The fourth-order valence-electron chi connectivity index (χ4n) is 11.8. The molecule has 1 unspecified atom stereocenters. The van der Waals surface area contributed by atoms with Crippen molar-refractivity contribution < 1.29 is 59.8 Å². The maximum atomic E-state index is 11.0. The summed E-state index contributed by atoms with van der Waals surface area (Å²) >= 11 is 0. The van der Waals surface area contributed by atoms with Gasteiger partial charge in [-0.25, -0.2) is 0 Å². The van der Waals surface area contributed by atoms with Crippen molar-refractivity contribution in [1.29, 1.82) is 0 Å². The molecule has 2 heterocycles. The number of aliphatic hydroxyl groups is 8. The van der Waals surface area contributed by atoms with E-state index < -0.39 is 74.1 Å². The highest BCUT2D eigenvalue weighted by atomic mass is 16.8. The van der Waals surface area contributed by atoms with Crippen LogP contribution in [-0.4, -0.2) is 128 Å². The predicted molar refractivity (Wildman–Crippen MR) is 186 cm³/mol. The molecule has 0 radical (unpaired) electrons. The highest BCUT2D eigenvalue weighted by molar-refractivity contribution is 5.28. The second-order valence-corrected chi connectivity index (χ2v) is 17.9. The van der Waals surface area contributed by atoms with Crippen LogP contribution in [0, 0.1) is 46.3 Å². The van der Waals surface area contributed by atoms with Gasteiger partial charge in [-0.1, -0.05) is 65.5 Å². The van der Waals surface area contributed by atoms with Crippen LogP contribution in [0.25, 0.3) is 0 Å². The molecule has 5 fully saturated rings. The van der Waals surface area contributed by atoms with Crippen LogP contribution in [0.3, 0.4) is 0 Å². The summed E-state index contributed by atoms with van der Waals surface area (Å²) in [4.78, 5) is 0. The van der Waals surface area contributed by atoms with E-state index in [9.17, 15) is 40.9 Å². The first-order valence-electron chi connectivity index (χ1n) is 19.7. The number of aliphatic hydroxyl groups excluding tert-OH is 8. The molecule has 8 N–H and O–H groups in total. The van der Waals surface area contributed by atoms with Crippen LogP contribution in [0.1, 0.15) is 98.8 Å². The van der Waals surface area contributed by atoms with Gasteiger partial charge in [0.05, 0.1) is 25.4 Å². The first-order chi connectivity index (χ1) is 24.1. The molecule has 51 heavy (non-hydrogen) atoms. The molecule has 6 aliphatic rings. The Labute approximate surface area is 303 Å². The van der Waals surface area contributed by atoms with Crippen molar-refractivity contribution in [3.63, 3.8) is 0 Å². The van der Waals surface area contributed by atoms with E-state index in [1.165, 1.54) is 44.1 Å². The third-order valence-electron chi connectivity index (χ3n) is 14.7. The van der Waals surface area contributed by atoms with Gasteiger partial charge < -0.3 is 59.8 Å². The van der Waals surface area contributed by atoms with Crippen molar-refractivity contribution in [1.82, 2.24) is 0 Å². The predicted octanol–water partition coefficient (Wildman–Crippen LogP) is 2.01. The van der Waals surface area contributed by atoms with Gasteiger partial charge in [-0.3, -0.25) is 0 Å². The van der Waals surface area contributed by atoms with Crippen molar-refractivity contribution >= 4 is 0 Å². The van der Waals surface area contributed by atoms with Crippen LogP contribution in [-0.2, 0) is 18.9 Å². The molecule has 3 saturated carbocycles. The zero-order valence-electron chi connectivity index (χ0n) is 31.2. The summed E-state index contributed by atoms with van der Waals surface area (Å²) in [5.74, 6) is 1.44. The zero-order chi connectivity index (χ0) is 37.0. The molecule has 18 atom stereocenters. The number of rotatable bonds is 12. The Balaban J connectivity index is 1.16. The van der Waals surface area contributed by atoms with Crippen molar-refractivity contribution in [2.24, 2.45) is 46.3 Å². The number of fused-ring (bicyclic) bond motifs is 5. The smallest absolute Gasteiger partial charge is 0.224 e. The lowest BCUT2D eigenvalue weighted by atomic mass is 9.46. The molecule has 6 rings (SSSR count). The van der Waals surface area contributed by atoms with Crippen LogP contribution in [0.2, 0.25) is 0 Å². The van der Waals surface area contributed by atoms with Gasteiger partial charge in [0.1, 0.15) is 49.3 Å². The third kappa shape index (κ3) is 7.01. The van der Waals surface area contributed by atoms with E-state index in [0.717, 1.165) is 24.7 Å². The quantitative estimate of drug-likeness (QED) is 0.136. The van der Waals surface area contributed by atoms with Gasteiger partial charge in [0.2, 0.25) is 5.79 Å². The molecule has 0 aromatic carbocycles. The molecule has 0 bridgehead atoms. The maximum absolute atomic E-state index is 11.0. The largest absolute Gasteiger partial charge is 0.394 e. The number of hydrogen-bond donors (Lipinski definition) is 8. The minimum atomic E-state index is -2.26. The second-order valence-electron chi connectivity index (χ2n) is 17.9. The molecule has 2 aliphatic heterocycles. The summed E-state index contributed by atoms with van der Waals surface area (Å²) < 4.78 is 23.7. The summed E-state index contributed by atoms with van der Waals surface area (Å²) in [5.41, 5.74) is 1.20. The van der Waals surface area contributed by atoms with E-state index in [0.29, 0.717) is 41.9 Å². The Hall–Kier alpha value is -0.740. The molecule has 4 aliphatic carbocycles. The summed E-state index contributed by atoms with van der Waals surface area (Å²) in [7, 11) is 0. The van der Waals surface area contributed by atoms with Gasteiger partial charge >= 0.3 is 0 Å². The molecule has 0 aromatic heterocycles. The molecule has 12 heteroatoms.